The molecule has 0 aliphatic carbocycles. The van der Waals surface area contributed by atoms with Crippen molar-refractivity contribution in [3.63, 3.8) is 0 Å². The molecule has 31 heavy (non-hydrogen) atoms. The zero-order valence-electron chi connectivity index (χ0n) is 18.3. The van der Waals surface area contributed by atoms with E-state index in [-0.39, 0.29) is 5.91 Å². The Morgan fingerprint density at radius 3 is 2.48 bits per heavy atom. The maximum atomic E-state index is 12.5. The molecule has 164 valence electrons. The first-order valence-corrected chi connectivity index (χ1v) is 11.8. The maximum Gasteiger partial charge on any atom is 0.279 e. The quantitative estimate of drug-likeness (QED) is 0.621. The average Bonchev–Trinajstić information content (AvgIpc) is 3.47. The normalized spacial score (nSPS) is 22.8. The molecule has 2 aromatic rings. The number of carbonyl (C=O) groups excluding carboxylic acids is 1. The lowest BCUT2D eigenvalue weighted by molar-refractivity contribution is -1.02. The van der Waals surface area contributed by atoms with E-state index >= 15 is 0 Å². The standard InChI is InChI=1S/C25H32N4O2/c30-25(26-22-4-6-23(7-5-22)29-10-1-2-11-29)19-28-14-12-27(13-15-28)18-20-3-8-24-21(17-20)9-16-31-24/h3-8,17H,1-2,9-16,18-19H2,(H,26,30)/p+2. The molecule has 3 N–H and O–H groups in total. The van der Waals surface area contributed by atoms with E-state index in [2.05, 4.69) is 40.5 Å². The van der Waals surface area contributed by atoms with Gasteiger partial charge in [0.25, 0.3) is 5.91 Å². The van der Waals surface area contributed by atoms with Crippen molar-refractivity contribution in [2.75, 3.05) is 62.6 Å². The van der Waals surface area contributed by atoms with Crippen LogP contribution >= 0.6 is 0 Å². The van der Waals surface area contributed by atoms with Crippen molar-refractivity contribution < 1.29 is 19.3 Å². The lowest BCUT2D eigenvalue weighted by Gasteiger charge is -2.29. The van der Waals surface area contributed by atoms with E-state index in [0.717, 1.165) is 70.3 Å². The van der Waals surface area contributed by atoms with Gasteiger partial charge in [0.2, 0.25) is 0 Å². The van der Waals surface area contributed by atoms with Crippen molar-refractivity contribution in [2.24, 2.45) is 0 Å². The number of carbonyl (C=O) groups is 1. The van der Waals surface area contributed by atoms with Gasteiger partial charge in [-0.3, -0.25) is 4.79 Å². The van der Waals surface area contributed by atoms with Crippen LogP contribution in [0.25, 0.3) is 0 Å². The van der Waals surface area contributed by atoms with Gasteiger partial charge in [-0.25, -0.2) is 0 Å². The van der Waals surface area contributed by atoms with Crippen LogP contribution in [0.5, 0.6) is 5.75 Å². The van der Waals surface area contributed by atoms with Crippen LogP contribution in [0.1, 0.15) is 24.0 Å². The number of nitrogens with one attached hydrogen (secondary N) is 3. The second kappa shape index (κ2) is 9.28. The first kappa shape index (κ1) is 20.3. The second-order valence-corrected chi connectivity index (χ2v) is 9.18. The molecule has 1 amide bonds. The molecule has 0 spiro atoms. The summed E-state index contributed by atoms with van der Waals surface area (Å²) in [4.78, 5) is 18.0. The largest absolute Gasteiger partial charge is 0.493 e. The Kier molecular flexibility index (Phi) is 6.09. The highest BCUT2D eigenvalue weighted by Crippen LogP contribution is 2.25. The molecule has 3 heterocycles. The summed E-state index contributed by atoms with van der Waals surface area (Å²) in [5.41, 5.74) is 4.91. The molecule has 2 saturated heterocycles. The zero-order chi connectivity index (χ0) is 21.0. The predicted octanol–water partition coefficient (Wildman–Crippen LogP) is 0.144. The van der Waals surface area contributed by atoms with E-state index < -0.39 is 0 Å². The first-order valence-electron chi connectivity index (χ1n) is 11.8. The van der Waals surface area contributed by atoms with E-state index in [1.54, 1.807) is 4.90 Å². The molecule has 0 saturated carbocycles. The van der Waals surface area contributed by atoms with Crippen LogP contribution in [0.2, 0.25) is 0 Å². The fourth-order valence-electron chi connectivity index (χ4n) is 5.11. The Labute approximate surface area is 184 Å². The highest BCUT2D eigenvalue weighted by molar-refractivity contribution is 5.91. The van der Waals surface area contributed by atoms with Gasteiger partial charge >= 0.3 is 0 Å². The summed E-state index contributed by atoms with van der Waals surface area (Å²) in [6.45, 7) is 9.04. The number of anilines is 2. The second-order valence-electron chi connectivity index (χ2n) is 9.18. The monoisotopic (exact) mass is 422 g/mol. The fourth-order valence-corrected chi connectivity index (χ4v) is 5.11. The van der Waals surface area contributed by atoms with E-state index in [9.17, 15) is 4.79 Å². The van der Waals surface area contributed by atoms with Crippen LogP contribution in [0, 0.1) is 0 Å². The number of hydrogen-bond acceptors (Lipinski definition) is 3. The molecular formula is C25H34N4O2+2. The number of quaternary nitrogens is 2. The number of amides is 1. The summed E-state index contributed by atoms with van der Waals surface area (Å²) in [5.74, 6) is 1.18. The Morgan fingerprint density at radius 2 is 1.71 bits per heavy atom. The summed E-state index contributed by atoms with van der Waals surface area (Å²) in [5, 5.41) is 3.08. The summed E-state index contributed by atoms with van der Waals surface area (Å²) in [7, 11) is 0. The number of fused-ring (bicyclic) bond motifs is 1. The van der Waals surface area contributed by atoms with Gasteiger partial charge in [-0.1, -0.05) is 0 Å². The lowest BCUT2D eigenvalue weighted by atomic mass is 10.1. The number of hydrogen-bond donors (Lipinski definition) is 3. The van der Waals surface area contributed by atoms with E-state index in [1.807, 2.05) is 12.1 Å². The maximum absolute atomic E-state index is 12.5. The molecule has 3 aliphatic rings. The lowest BCUT2D eigenvalue weighted by Crippen LogP contribution is -3.28. The smallest absolute Gasteiger partial charge is 0.279 e. The third-order valence-corrected chi connectivity index (χ3v) is 6.91. The molecular weight excluding hydrogens is 388 g/mol. The van der Waals surface area contributed by atoms with Gasteiger partial charge in [0.15, 0.2) is 6.54 Å². The number of piperazine rings is 1. The molecule has 2 fully saturated rings. The zero-order valence-corrected chi connectivity index (χ0v) is 18.3. The van der Waals surface area contributed by atoms with Crippen molar-refractivity contribution in [1.29, 1.82) is 0 Å². The Bertz CT molecular complexity index is 900. The Hall–Kier alpha value is -2.57. The highest BCUT2D eigenvalue weighted by atomic mass is 16.5. The molecule has 6 heteroatoms. The van der Waals surface area contributed by atoms with Crippen LogP contribution in [-0.4, -0.2) is 58.3 Å². The van der Waals surface area contributed by atoms with Crippen molar-refractivity contribution in [3.8, 4) is 5.75 Å². The molecule has 2 aromatic carbocycles. The van der Waals surface area contributed by atoms with Gasteiger partial charge < -0.3 is 24.8 Å². The average molecular weight is 423 g/mol. The number of rotatable bonds is 6. The number of ether oxygens (including phenoxy) is 1. The molecule has 0 aromatic heterocycles. The minimum atomic E-state index is 0.117. The van der Waals surface area contributed by atoms with Crippen molar-refractivity contribution >= 4 is 17.3 Å². The summed E-state index contributed by atoms with van der Waals surface area (Å²) in [6.07, 6.45) is 3.59. The third-order valence-electron chi connectivity index (χ3n) is 6.91. The fraction of sp³-hybridized carbons (Fsp3) is 0.480. The number of benzene rings is 2. The molecule has 0 unspecified atom stereocenters. The molecule has 3 aliphatic heterocycles. The predicted molar refractivity (Wildman–Crippen MR) is 122 cm³/mol. The SMILES string of the molecule is O=C(C[NH+]1CC[NH+](Cc2ccc3c(c2)CCO3)CC1)Nc1ccc(N2CCCC2)cc1. The van der Waals surface area contributed by atoms with Crippen LogP contribution in [0.4, 0.5) is 11.4 Å². The minimum Gasteiger partial charge on any atom is -0.493 e. The van der Waals surface area contributed by atoms with Crippen LogP contribution in [-0.2, 0) is 17.8 Å². The summed E-state index contributed by atoms with van der Waals surface area (Å²) < 4.78 is 5.62. The summed E-state index contributed by atoms with van der Waals surface area (Å²) >= 11 is 0. The molecule has 5 rings (SSSR count). The van der Waals surface area contributed by atoms with E-state index in [1.165, 1.54) is 34.6 Å². The van der Waals surface area contributed by atoms with Crippen LogP contribution in [0.3, 0.4) is 0 Å². The topological polar surface area (TPSA) is 50.5 Å². The molecule has 6 nitrogen and oxygen atoms in total. The van der Waals surface area contributed by atoms with E-state index in [0.29, 0.717) is 6.54 Å². The van der Waals surface area contributed by atoms with Gasteiger partial charge in [-0.05, 0) is 60.9 Å². The molecule has 0 bridgehead atoms. The van der Waals surface area contributed by atoms with E-state index in [4.69, 9.17) is 4.74 Å². The third kappa shape index (κ3) is 5.02. The first-order chi connectivity index (χ1) is 15.2. The van der Waals surface area contributed by atoms with Crippen LogP contribution in [0.15, 0.2) is 42.5 Å². The minimum absolute atomic E-state index is 0.117. The van der Waals surface area contributed by atoms with Crippen molar-refractivity contribution in [1.82, 2.24) is 0 Å². The number of nitrogens with zero attached hydrogens (tertiary/aromatic N) is 1. The van der Waals surface area contributed by atoms with Gasteiger partial charge in [0, 0.05) is 36.4 Å². The molecule has 0 atom stereocenters. The van der Waals surface area contributed by atoms with Crippen molar-refractivity contribution in [3.05, 3.63) is 53.6 Å². The van der Waals surface area contributed by atoms with Gasteiger partial charge in [0.1, 0.15) is 38.5 Å². The molecule has 0 radical (unpaired) electrons. The Balaban J connectivity index is 1.06. The van der Waals surface area contributed by atoms with Gasteiger partial charge in [0.05, 0.1) is 6.61 Å². The van der Waals surface area contributed by atoms with Crippen LogP contribution < -0.4 is 24.8 Å². The van der Waals surface area contributed by atoms with Gasteiger partial charge in [-0.15, -0.1) is 0 Å². The van der Waals surface area contributed by atoms with Gasteiger partial charge in [-0.2, -0.15) is 0 Å². The highest BCUT2D eigenvalue weighted by Gasteiger charge is 2.25. The Morgan fingerprint density at radius 1 is 0.968 bits per heavy atom. The summed E-state index contributed by atoms with van der Waals surface area (Å²) in [6, 6.07) is 15.0. The van der Waals surface area contributed by atoms with Crippen molar-refractivity contribution in [2.45, 2.75) is 25.8 Å².